The third kappa shape index (κ3) is 2.94. The summed E-state index contributed by atoms with van der Waals surface area (Å²) in [6.07, 6.45) is 4.33. The summed E-state index contributed by atoms with van der Waals surface area (Å²) in [5, 5.41) is 2.48. The molecule has 2 aromatic carbocycles. The molecule has 3 rings (SSSR count). The van der Waals surface area contributed by atoms with Crippen molar-refractivity contribution < 1.29 is 13.6 Å². The number of amides is 1. The lowest BCUT2D eigenvalue weighted by Crippen LogP contribution is -2.14. The van der Waals surface area contributed by atoms with Crippen molar-refractivity contribution in [2.45, 2.75) is 25.7 Å². The van der Waals surface area contributed by atoms with Crippen LogP contribution in [0.1, 0.15) is 34.3 Å². The van der Waals surface area contributed by atoms with E-state index in [4.69, 9.17) is 0 Å². The fourth-order valence-corrected chi connectivity index (χ4v) is 2.66. The Morgan fingerprint density at radius 3 is 2.48 bits per heavy atom. The first-order valence-electron chi connectivity index (χ1n) is 7.02. The van der Waals surface area contributed by atoms with E-state index in [-0.39, 0.29) is 11.6 Å². The summed E-state index contributed by atoms with van der Waals surface area (Å²) in [6, 6.07) is 8.67. The topological polar surface area (TPSA) is 29.1 Å². The van der Waals surface area contributed by atoms with Crippen molar-refractivity contribution in [3.8, 4) is 0 Å². The number of carbonyl (C=O) groups is 1. The number of fused-ring (bicyclic) bond motifs is 1. The number of anilines is 1. The van der Waals surface area contributed by atoms with Gasteiger partial charge in [-0.25, -0.2) is 8.78 Å². The van der Waals surface area contributed by atoms with Crippen molar-refractivity contribution >= 4 is 11.6 Å². The van der Waals surface area contributed by atoms with Crippen LogP contribution in [0.4, 0.5) is 14.5 Å². The molecule has 4 heteroatoms. The zero-order valence-electron chi connectivity index (χ0n) is 11.5. The van der Waals surface area contributed by atoms with Gasteiger partial charge in [0, 0.05) is 11.6 Å². The van der Waals surface area contributed by atoms with E-state index in [0.29, 0.717) is 5.56 Å². The number of hydrogen-bond donors (Lipinski definition) is 1. The van der Waals surface area contributed by atoms with Crippen molar-refractivity contribution in [3.63, 3.8) is 0 Å². The van der Waals surface area contributed by atoms with E-state index in [0.717, 1.165) is 31.4 Å². The molecule has 1 amide bonds. The molecule has 0 aromatic heterocycles. The third-order valence-corrected chi connectivity index (χ3v) is 3.79. The minimum Gasteiger partial charge on any atom is -0.319 e. The van der Waals surface area contributed by atoms with Gasteiger partial charge in [-0.3, -0.25) is 4.79 Å². The lowest BCUT2D eigenvalue weighted by molar-refractivity contribution is 0.102. The minimum atomic E-state index is -0.777. The number of benzene rings is 2. The van der Waals surface area contributed by atoms with Gasteiger partial charge in [-0.2, -0.15) is 0 Å². The first kappa shape index (κ1) is 13.7. The van der Waals surface area contributed by atoms with E-state index in [1.165, 1.54) is 23.6 Å². The lowest BCUT2D eigenvalue weighted by Gasteiger charge is -2.16. The normalized spacial score (nSPS) is 13.6. The van der Waals surface area contributed by atoms with Gasteiger partial charge in [-0.15, -0.1) is 0 Å². The van der Waals surface area contributed by atoms with Gasteiger partial charge < -0.3 is 5.32 Å². The smallest absolute Gasteiger partial charge is 0.255 e. The lowest BCUT2D eigenvalue weighted by atomic mass is 9.90. The van der Waals surface area contributed by atoms with Gasteiger partial charge in [0.15, 0.2) is 0 Å². The Hall–Kier alpha value is -2.23. The highest BCUT2D eigenvalue weighted by Crippen LogP contribution is 2.23. The molecule has 0 saturated heterocycles. The van der Waals surface area contributed by atoms with Gasteiger partial charge in [-0.1, -0.05) is 6.07 Å². The van der Waals surface area contributed by atoms with Crippen LogP contribution in [-0.4, -0.2) is 5.91 Å². The number of aryl methyl sites for hydroxylation is 2. The summed E-state index contributed by atoms with van der Waals surface area (Å²) in [6.45, 7) is 0. The highest BCUT2D eigenvalue weighted by atomic mass is 19.1. The predicted molar refractivity (Wildman–Crippen MR) is 77.4 cm³/mol. The van der Waals surface area contributed by atoms with E-state index in [2.05, 4.69) is 5.32 Å². The molecule has 0 fully saturated rings. The van der Waals surface area contributed by atoms with Gasteiger partial charge in [0.25, 0.3) is 5.91 Å². The summed E-state index contributed by atoms with van der Waals surface area (Å²) < 4.78 is 26.4. The van der Waals surface area contributed by atoms with Crippen LogP contribution in [0, 0.1) is 11.6 Å². The second kappa shape index (κ2) is 5.64. The largest absolute Gasteiger partial charge is 0.319 e. The molecule has 0 heterocycles. The first-order valence-corrected chi connectivity index (χ1v) is 7.02. The molecule has 0 atom stereocenters. The minimum absolute atomic E-state index is 0.0147. The molecule has 0 bridgehead atoms. The molecule has 1 N–H and O–H groups in total. The molecule has 1 aliphatic rings. The predicted octanol–water partition coefficient (Wildman–Crippen LogP) is 4.10. The maximum Gasteiger partial charge on any atom is 0.255 e. The molecule has 108 valence electrons. The summed E-state index contributed by atoms with van der Waals surface area (Å²) >= 11 is 0. The molecule has 2 nitrogen and oxygen atoms in total. The number of carbonyl (C=O) groups excluding carboxylic acids is 1. The van der Waals surface area contributed by atoms with E-state index < -0.39 is 11.6 Å². The van der Waals surface area contributed by atoms with Gasteiger partial charge in [0.05, 0.1) is 5.69 Å². The average molecular weight is 287 g/mol. The molecule has 0 aliphatic heterocycles. The summed E-state index contributed by atoms with van der Waals surface area (Å²) in [5.41, 5.74) is 2.96. The molecule has 0 unspecified atom stereocenters. The molecule has 1 aliphatic carbocycles. The van der Waals surface area contributed by atoms with E-state index in [9.17, 15) is 13.6 Å². The van der Waals surface area contributed by atoms with Crippen molar-refractivity contribution in [1.82, 2.24) is 0 Å². The number of rotatable bonds is 2. The van der Waals surface area contributed by atoms with Crippen LogP contribution in [0.15, 0.2) is 36.4 Å². The highest BCUT2D eigenvalue weighted by Gasteiger charge is 2.14. The van der Waals surface area contributed by atoms with Crippen molar-refractivity contribution in [3.05, 3.63) is 64.7 Å². The van der Waals surface area contributed by atoms with Crippen LogP contribution in [-0.2, 0) is 12.8 Å². The Kier molecular flexibility index (Phi) is 3.69. The Balaban J connectivity index is 1.82. The van der Waals surface area contributed by atoms with Gasteiger partial charge in [0.1, 0.15) is 11.6 Å². The Morgan fingerprint density at radius 2 is 1.71 bits per heavy atom. The number of nitrogens with one attached hydrogen (secondary N) is 1. The van der Waals surface area contributed by atoms with E-state index in [1.807, 2.05) is 12.1 Å². The second-order valence-corrected chi connectivity index (χ2v) is 5.27. The van der Waals surface area contributed by atoms with E-state index >= 15 is 0 Å². The summed E-state index contributed by atoms with van der Waals surface area (Å²) in [7, 11) is 0. The molecular weight excluding hydrogens is 272 g/mol. The van der Waals surface area contributed by atoms with Crippen molar-refractivity contribution in [2.75, 3.05) is 5.32 Å². The fraction of sp³-hybridized carbons (Fsp3) is 0.235. The quantitative estimate of drug-likeness (QED) is 0.885. The van der Waals surface area contributed by atoms with Crippen LogP contribution in [0.3, 0.4) is 0 Å². The molecule has 21 heavy (non-hydrogen) atoms. The standard InChI is InChI=1S/C17H15F2NO/c18-14-7-8-16(15(19)10-14)20-17(21)13-6-5-11-3-1-2-4-12(11)9-13/h5-10H,1-4H2,(H,20,21). The maximum atomic E-state index is 13.5. The van der Waals surface area contributed by atoms with Crippen LogP contribution >= 0.6 is 0 Å². The van der Waals surface area contributed by atoms with Crippen molar-refractivity contribution in [2.24, 2.45) is 0 Å². The molecule has 0 radical (unpaired) electrons. The van der Waals surface area contributed by atoms with Gasteiger partial charge in [-0.05, 0) is 61.1 Å². The zero-order valence-corrected chi connectivity index (χ0v) is 11.5. The van der Waals surface area contributed by atoms with Gasteiger partial charge >= 0.3 is 0 Å². The van der Waals surface area contributed by atoms with Crippen LogP contribution < -0.4 is 5.32 Å². The highest BCUT2D eigenvalue weighted by molar-refractivity contribution is 6.04. The summed E-state index contributed by atoms with van der Waals surface area (Å²) in [5.74, 6) is -1.82. The van der Waals surface area contributed by atoms with Crippen molar-refractivity contribution in [1.29, 1.82) is 0 Å². The van der Waals surface area contributed by atoms with E-state index in [1.54, 1.807) is 6.07 Å². The first-order chi connectivity index (χ1) is 10.1. The monoisotopic (exact) mass is 287 g/mol. The summed E-state index contributed by atoms with van der Waals surface area (Å²) in [4.78, 5) is 12.2. The SMILES string of the molecule is O=C(Nc1ccc(F)cc1F)c1ccc2c(c1)CCCC2. The second-order valence-electron chi connectivity index (χ2n) is 5.27. The third-order valence-electron chi connectivity index (χ3n) is 3.79. The van der Waals surface area contributed by atoms with Gasteiger partial charge in [0.2, 0.25) is 0 Å². The molecule has 0 saturated carbocycles. The number of hydrogen-bond acceptors (Lipinski definition) is 1. The molecule has 2 aromatic rings. The Labute approximate surface area is 121 Å². The molecular formula is C17H15F2NO. The maximum absolute atomic E-state index is 13.5. The Morgan fingerprint density at radius 1 is 0.952 bits per heavy atom. The fourth-order valence-electron chi connectivity index (χ4n) is 2.66. The average Bonchev–Trinajstić information content (AvgIpc) is 2.49. The van der Waals surface area contributed by atoms with Crippen LogP contribution in [0.25, 0.3) is 0 Å². The van der Waals surface area contributed by atoms with Crippen LogP contribution in [0.2, 0.25) is 0 Å². The number of halogens is 2. The zero-order chi connectivity index (χ0) is 14.8. The van der Waals surface area contributed by atoms with Crippen LogP contribution in [0.5, 0.6) is 0 Å². The Bertz CT molecular complexity index is 697. The molecule has 0 spiro atoms.